The third-order valence-electron chi connectivity index (χ3n) is 6.51. The van der Waals surface area contributed by atoms with E-state index in [9.17, 15) is 9.59 Å². The summed E-state index contributed by atoms with van der Waals surface area (Å²) in [7, 11) is 0. The third kappa shape index (κ3) is 3.00. The molecular weight excluding hydrogens is 418 g/mol. The molecule has 0 bridgehead atoms. The number of rotatable bonds is 2. The number of anilines is 3. The summed E-state index contributed by atoms with van der Waals surface area (Å²) in [6, 6.07) is 7.20. The summed E-state index contributed by atoms with van der Waals surface area (Å²) in [5.41, 5.74) is 6.70. The number of nitrogens with zero attached hydrogens (tertiary/aromatic N) is 7. The fourth-order valence-electron chi connectivity index (χ4n) is 4.68. The smallest absolute Gasteiger partial charge is 0.274 e. The molecule has 0 saturated carbocycles. The first-order valence-corrected chi connectivity index (χ1v) is 10.9. The molecule has 0 unspecified atom stereocenters. The van der Waals surface area contributed by atoms with Crippen LogP contribution in [-0.2, 0) is 24.2 Å². The van der Waals surface area contributed by atoms with Crippen molar-refractivity contribution in [3.05, 3.63) is 81.3 Å². The van der Waals surface area contributed by atoms with Crippen LogP contribution in [0.15, 0.2) is 47.7 Å². The molecule has 4 aromatic heterocycles. The molecule has 0 saturated heterocycles. The molecular formula is C24H21N7O2. The molecule has 9 nitrogen and oxygen atoms in total. The summed E-state index contributed by atoms with van der Waals surface area (Å²) in [5, 5.41) is 4.65. The number of aromatic nitrogens is 5. The number of aryl methyl sites for hydroxylation is 1. The highest BCUT2D eigenvalue weighted by Gasteiger charge is 2.31. The van der Waals surface area contributed by atoms with Gasteiger partial charge in [-0.25, -0.2) is 4.98 Å². The summed E-state index contributed by atoms with van der Waals surface area (Å²) in [5.74, 6) is 0.755. The molecule has 33 heavy (non-hydrogen) atoms. The number of pyridine rings is 2. The van der Waals surface area contributed by atoms with Crippen LogP contribution >= 0.6 is 0 Å². The zero-order valence-corrected chi connectivity index (χ0v) is 18.3. The normalized spacial score (nSPS) is 15.2. The summed E-state index contributed by atoms with van der Waals surface area (Å²) in [6.45, 7) is 5.30. The van der Waals surface area contributed by atoms with Crippen LogP contribution in [0.4, 0.5) is 17.2 Å². The topological polar surface area (TPSA) is 96.6 Å². The molecule has 6 rings (SSSR count). The fourth-order valence-corrected chi connectivity index (χ4v) is 4.68. The Kier molecular flexibility index (Phi) is 4.26. The monoisotopic (exact) mass is 439 g/mol. The highest BCUT2D eigenvalue weighted by atomic mass is 16.2. The number of hydrogen-bond donors (Lipinski definition) is 0. The van der Waals surface area contributed by atoms with Crippen LogP contribution in [0, 0.1) is 13.8 Å². The first-order valence-electron chi connectivity index (χ1n) is 10.9. The number of amides is 1. The second kappa shape index (κ2) is 7.19. The van der Waals surface area contributed by atoms with Crippen LogP contribution in [0.5, 0.6) is 0 Å². The molecule has 0 aliphatic carbocycles. The van der Waals surface area contributed by atoms with Crippen LogP contribution < -0.4 is 15.4 Å². The minimum absolute atomic E-state index is 0.00680. The second-order valence-corrected chi connectivity index (χ2v) is 8.44. The van der Waals surface area contributed by atoms with Crippen molar-refractivity contribution in [3.8, 4) is 0 Å². The lowest BCUT2D eigenvalue weighted by Gasteiger charge is -2.31. The maximum atomic E-state index is 12.7. The van der Waals surface area contributed by atoms with E-state index in [2.05, 4.69) is 25.0 Å². The molecule has 6 heterocycles. The molecule has 4 aromatic rings. The van der Waals surface area contributed by atoms with Crippen molar-refractivity contribution < 1.29 is 4.79 Å². The van der Waals surface area contributed by atoms with Gasteiger partial charge < -0.3 is 4.90 Å². The lowest BCUT2D eigenvalue weighted by molar-refractivity contribution is -0.116. The predicted octanol–water partition coefficient (Wildman–Crippen LogP) is 2.28. The highest BCUT2D eigenvalue weighted by molar-refractivity contribution is 6.06. The number of carbonyl (C=O) groups excluding carboxylic acids is 1. The van der Waals surface area contributed by atoms with Gasteiger partial charge in [-0.2, -0.15) is 4.52 Å². The molecule has 0 radical (unpaired) electrons. The largest absolute Gasteiger partial charge is 0.350 e. The van der Waals surface area contributed by atoms with Crippen LogP contribution in [-0.4, -0.2) is 37.0 Å². The average molecular weight is 439 g/mol. The van der Waals surface area contributed by atoms with E-state index in [1.165, 1.54) is 16.8 Å². The van der Waals surface area contributed by atoms with Crippen molar-refractivity contribution in [2.24, 2.45) is 0 Å². The van der Waals surface area contributed by atoms with E-state index < -0.39 is 0 Å². The first kappa shape index (κ1) is 19.5. The zero-order chi connectivity index (χ0) is 22.7. The summed E-state index contributed by atoms with van der Waals surface area (Å²) >= 11 is 0. The van der Waals surface area contributed by atoms with Gasteiger partial charge in [-0.05, 0) is 37.6 Å². The zero-order valence-electron chi connectivity index (χ0n) is 18.3. The van der Waals surface area contributed by atoms with Crippen LogP contribution in [0.3, 0.4) is 0 Å². The highest BCUT2D eigenvalue weighted by Crippen LogP contribution is 2.35. The Balaban J connectivity index is 1.39. The van der Waals surface area contributed by atoms with Gasteiger partial charge in [0.1, 0.15) is 0 Å². The van der Waals surface area contributed by atoms with Crippen molar-refractivity contribution in [2.45, 2.75) is 33.2 Å². The SMILES string of the molecule is Cc1c(N2CCc3ncc(N4C(=O)Cc5ncccc54)cc3C2)nn2c(=O)ccnc2c1C. The average Bonchev–Trinajstić information content (AvgIpc) is 3.16. The van der Waals surface area contributed by atoms with Gasteiger partial charge in [0.15, 0.2) is 11.5 Å². The second-order valence-electron chi connectivity index (χ2n) is 8.44. The third-order valence-corrected chi connectivity index (χ3v) is 6.51. The lowest BCUT2D eigenvalue weighted by atomic mass is 10.0. The van der Waals surface area contributed by atoms with Gasteiger partial charge in [-0.1, -0.05) is 0 Å². The van der Waals surface area contributed by atoms with E-state index >= 15 is 0 Å². The van der Waals surface area contributed by atoms with E-state index in [0.29, 0.717) is 18.6 Å². The Bertz CT molecular complexity index is 1510. The molecule has 0 aromatic carbocycles. The van der Waals surface area contributed by atoms with Crippen molar-refractivity contribution in [3.63, 3.8) is 0 Å². The molecule has 9 heteroatoms. The minimum Gasteiger partial charge on any atom is -0.350 e. The van der Waals surface area contributed by atoms with E-state index in [1.54, 1.807) is 17.3 Å². The van der Waals surface area contributed by atoms with Gasteiger partial charge in [0.2, 0.25) is 5.91 Å². The van der Waals surface area contributed by atoms with Crippen molar-refractivity contribution in [1.29, 1.82) is 0 Å². The number of hydrogen-bond acceptors (Lipinski definition) is 7. The molecule has 0 N–H and O–H groups in total. The van der Waals surface area contributed by atoms with Crippen LogP contribution in [0.1, 0.15) is 28.1 Å². The van der Waals surface area contributed by atoms with Gasteiger partial charge in [0, 0.05) is 54.8 Å². The maximum Gasteiger partial charge on any atom is 0.274 e. The molecule has 2 aliphatic rings. The number of fused-ring (bicyclic) bond motifs is 3. The quantitative estimate of drug-likeness (QED) is 0.473. The Morgan fingerprint density at radius 3 is 2.73 bits per heavy atom. The van der Waals surface area contributed by atoms with Crippen molar-refractivity contribution in [1.82, 2.24) is 24.6 Å². The van der Waals surface area contributed by atoms with Gasteiger partial charge in [0.05, 0.1) is 29.7 Å². The minimum atomic E-state index is -0.203. The molecule has 2 aliphatic heterocycles. The van der Waals surface area contributed by atoms with Crippen LogP contribution in [0.2, 0.25) is 0 Å². The van der Waals surface area contributed by atoms with E-state index in [1.807, 2.05) is 32.0 Å². The van der Waals surface area contributed by atoms with E-state index in [-0.39, 0.29) is 11.5 Å². The van der Waals surface area contributed by atoms with Gasteiger partial charge >= 0.3 is 0 Å². The van der Waals surface area contributed by atoms with Crippen molar-refractivity contribution in [2.75, 3.05) is 16.3 Å². The summed E-state index contributed by atoms with van der Waals surface area (Å²) < 4.78 is 1.37. The Morgan fingerprint density at radius 1 is 0.970 bits per heavy atom. The van der Waals surface area contributed by atoms with Crippen molar-refractivity contribution >= 4 is 28.7 Å². The molecule has 0 spiro atoms. The summed E-state index contributed by atoms with van der Waals surface area (Å²) in [6.07, 6.45) is 6.04. The van der Waals surface area contributed by atoms with E-state index in [4.69, 9.17) is 0 Å². The standard InChI is InChI=1S/C24H21N7O2/c1-14-15(2)24(28-31-21(32)5-8-26-23(14)31)29-9-6-18-16(13-29)10-17(12-27-18)30-20-4-3-7-25-19(20)11-22(30)33/h3-5,7-8,10,12H,6,9,11,13H2,1-2H3. The first-order chi connectivity index (χ1) is 16.0. The van der Waals surface area contributed by atoms with Gasteiger partial charge in [0.25, 0.3) is 5.56 Å². The Hall–Kier alpha value is -4.14. The summed E-state index contributed by atoms with van der Waals surface area (Å²) in [4.78, 5) is 42.3. The molecule has 1 amide bonds. The van der Waals surface area contributed by atoms with Crippen LogP contribution in [0.25, 0.3) is 5.65 Å². The fraction of sp³-hybridized carbons (Fsp3) is 0.250. The Morgan fingerprint density at radius 2 is 1.85 bits per heavy atom. The van der Waals surface area contributed by atoms with Gasteiger partial charge in [-0.3, -0.25) is 24.5 Å². The van der Waals surface area contributed by atoms with Gasteiger partial charge in [-0.15, -0.1) is 5.10 Å². The Labute approximate surface area is 189 Å². The number of carbonyl (C=O) groups is 1. The molecule has 0 fully saturated rings. The van der Waals surface area contributed by atoms with E-state index in [0.717, 1.165) is 58.2 Å². The predicted molar refractivity (Wildman–Crippen MR) is 123 cm³/mol. The maximum absolute atomic E-state index is 12.7. The lowest BCUT2D eigenvalue weighted by Crippen LogP contribution is -2.34. The molecule has 0 atom stereocenters. The molecule has 164 valence electrons.